The topological polar surface area (TPSA) is 3.24 Å². The Bertz CT molecular complexity index is 226. The minimum absolute atomic E-state index is 0.0528. The largest absolute Gasteiger partial charge is 0.288 e. The van der Waals surface area contributed by atoms with Crippen LogP contribution in [-0.2, 0) is 0 Å². The predicted molar refractivity (Wildman–Crippen MR) is 66.7 cm³/mol. The first-order valence-corrected chi connectivity index (χ1v) is 6.18. The van der Waals surface area contributed by atoms with Crippen LogP contribution in [0.25, 0.3) is 0 Å². The van der Waals surface area contributed by atoms with Gasteiger partial charge in [-0.05, 0) is 58.0 Å². The summed E-state index contributed by atoms with van der Waals surface area (Å²) >= 11 is 0. The first-order valence-electron chi connectivity index (χ1n) is 6.18. The Kier molecular flexibility index (Phi) is 4.22. The van der Waals surface area contributed by atoms with E-state index in [9.17, 15) is 0 Å². The molecule has 0 bridgehead atoms. The van der Waals surface area contributed by atoms with E-state index in [1.54, 1.807) is 0 Å². The molecule has 0 radical (unpaired) electrons. The Morgan fingerprint density at radius 3 is 2.27 bits per heavy atom. The van der Waals surface area contributed by atoms with Crippen molar-refractivity contribution in [2.45, 2.75) is 52.5 Å². The average Bonchev–Trinajstić information content (AvgIpc) is 2.18. The maximum Gasteiger partial charge on any atom is 0.0766 e. The quantitative estimate of drug-likeness (QED) is 0.643. The number of nitrogens with zero attached hydrogens (tertiary/aromatic N) is 1. The van der Waals surface area contributed by atoms with Gasteiger partial charge in [0.2, 0.25) is 0 Å². The summed E-state index contributed by atoms with van der Waals surface area (Å²) in [5.74, 6) is 4.65. The molecule has 1 aliphatic heterocycles. The second-order valence-electron chi connectivity index (χ2n) is 5.76. The van der Waals surface area contributed by atoms with Crippen molar-refractivity contribution >= 4 is 0 Å². The summed E-state index contributed by atoms with van der Waals surface area (Å²) < 4.78 is 0. The van der Waals surface area contributed by atoms with E-state index in [2.05, 4.69) is 38.5 Å². The van der Waals surface area contributed by atoms with E-state index in [0.717, 1.165) is 11.8 Å². The van der Waals surface area contributed by atoms with Gasteiger partial charge >= 0.3 is 0 Å². The van der Waals surface area contributed by atoms with E-state index in [1.807, 2.05) is 0 Å². The zero-order valence-corrected chi connectivity index (χ0v) is 10.7. The van der Waals surface area contributed by atoms with Crippen LogP contribution in [-0.4, -0.2) is 23.5 Å². The third-order valence-corrected chi connectivity index (χ3v) is 3.56. The van der Waals surface area contributed by atoms with Gasteiger partial charge in [-0.1, -0.05) is 19.8 Å². The molecule has 15 heavy (non-hydrogen) atoms. The van der Waals surface area contributed by atoms with Gasteiger partial charge in [0.15, 0.2) is 0 Å². The van der Waals surface area contributed by atoms with Gasteiger partial charge in [-0.3, -0.25) is 4.90 Å². The predicted octanol–water partition coefficient (Wildman–Crippen LogP) is 3.16. The number of hydrogen-bond donors (Lipinski definition) is 0. The smallest absolute Gasteiger partial charge is 0.0766 e. The fourth-order valence-corrected chi connectivity index (χ4v) is 2.49. The first-order chi connectivity index (χ1) is 6.95. The lowest BCUT2D eigenvalue weighted by atomic mass is 9.87. The van der Waals surface area contributed by atoms with Crippen LogP contribution in [0.15, 0.2) is 0 Å². The number of piperidine rings is 1. The molecule has 1 saturated heterocycles. The Hall–Kier alpha value is -0.480. The fraction of sp³-hybridized carbons (Fsp3) is 0.857. The molecule has 0 aromatic carbocycles. The van der Waals surface area contributed by atoms with Gasteiger partial charge in [0, 0.05) is 0 Å². The van der Waals surface area contributed by atoms with E-state index in [1.165, 1.54) is 32.4 Å². The van der Waals surface area contributed by atoms with Crippen molar-refractivity contribution in [2.75, 3.05) is 13.1 Å². The lowest BCUT2D eigenvalue weighted by molar-refractivity contribution is 0.105. The van der Waals surface area contributed by atoms with Crippen molar-refractivity contribution in [3.63, 3.8) is 0 Å². The number of likely N-dealkylation sites (tertiary alicyclic amines) is 1. The molecule has 0 aromatic heterocycles. The van der Waals surface area contributed by atoms with Crippen LogP contribution < -0.4 is 0 Å². The number of terminal acetylenes is 1. The highest BCUT2D eigenvalue weighted by molar-refractivity contribution is 5.09. The summed E-state index contributed by atoms with van der Waals surface area (Å²) in [6.45, 7) is 11.3. The second-order valence-corrected chi connectivity index (χ2v) is 5.76. The maximum atomic E-state index is 5.56. The Morgan fingerprint density at radius 2 is 1.87 bits per heavy atom. The van der Waals surface area contributed by atoms with E-state index in [-0.39, 0.29) is 5.54 Å². The molecule has 0 unspecified atom stereocenters. The molecule has 0 atom stereocenters. The minimum atomic E-state index is -0.0528. The zero-order chi connectivity index (χ0) is 11.5. The fourth-order valence-electron chi connectivity index (χ4n) is 2.49. The Labute approximate surface area is 95.2 Å². The van der Waals surface area contributed by atoms with Gasteiger partial charge in [0.25, 0.3) is 0 Å². The highest BCUT2D eigenvalue weighted by Crippen LogP contribution is 2.27. The summed E-state index contributed by atoms with van der Waals surface area (Å²) in [6.07, 6.45) is 9.59. The molecule has 1 nitrogen and oxygen atoms in total. The molecular formula is C14H25N. The highest BCUT2D eigenvalue weighted by atomic mass is 15.2. The molecule has 1 aliphatic rings. The standard InChI is InChI=1S/C14H25N/c1-6-14(4,5)15-9-7-13(8-10-15)11-12(2)3/h1,12-13H,7-11H2,2-5H3. The summed E-state index contributed by atoms with van der Waals surface area (Å²) in [5, 5.41) is 0. The molecule has 1 fully saturated rings. The Balaban J connectivity index is 2.40. The molecule has 86 valence electrons. The first kappa shape index (κ1) is 12.6. The number of hydrogen-bond acceptors (Lipinski definition) is 1. The third kappa shape index (κ3) is 3.54. The molecule has 1 heterocycles. The monoisotopic (exact) mass is 207 g/mol. The molecule has 1 heteroatoms. The summed E-state index contributed by atoms with van der Waals surface area (Å²) in [5.41, 5.74) is -0.0528. The molecule has 0 saturated carbocycles. The molecule has 1 rings (SSSR count). The normalized spacial score (nSPS) is 20.5. The molecule has 0 aliphatic carbocycles. The SMILES string of the molecule is C#CC(C)(C)N1CCC(CC(C)C)CC1. The molecule has 0 N–H and O–H groups in total. The van der Waals surface area contributed by atoms with Gasteiger partial charge in [0.05, 0.1) is 5.54 Å². The van der Waals surface area contributed by atoms with Gasteiger partial charge in [-0.15, -0.1) is 6.42 Å². The van der Waals surface area contributed by atoms with Crippen LogP contribution in [0, 0.1) is 24.2 Å². The highest BCUT2D eigenvalue weighted by Gasteiger charge is 2.28. The third-order valence-electron chi connectivity index (χ3n) is 3.56. The lowest BCUT2D eigenvalue weighted by Crippen LogP contribution is -2.47. The minimum Gasteiger partial charge on any atom is -0.288 e. The van der Waals surface area contributed by atoms with E-state index in [4.69, 9.17) is 6.42 Å². The number of rotatable bonds is 3. The summed E-state index contributed by atoms with van der Waals surface area (Å²) in [6, 6.07) is 0. The Morgan fingerprint density at radius 1 is 1.33 bits per heavy atom. The second kappa shape index (κ2) is 5.03. The van der Waals surface area contributed by atoms with Crippen LogP contribution in [0.4, 0.5) is 0 Å². The summed E-state index contributed by atoms with van der Waals surface area (Å²) in [4.78, 5) is 2.45. The van der Waals surface area contributed by atoms with Gasteiger partial charge < -0.3 is 0 Å². The molecule has 0 amide bonds. The van der Waals surface area contributed by atoms with E-state index in [0.29, 0.717) is 0 Å². The van der Waals surface area contributed by atoms with Crippen molar-refractivity contribution in [1.82, 2.24) is 4.90 Å². The van der Waals surface area contributed by atoms with Crippen molar-refractivity contribution in [3.05, 3.63) is 0 Å². The van der Waals surface area contributed by atoms with Gasteiger partial charge in [-0.2, -0.15) is 0 Å². The molecule has 0 aromatic rings. The van der Waals surface area contributed by atoms with Gasteiger partial charge in [0.1, 0.15) is 0 Å². The van der Waals surface area contributed by atoms with Crippen LogP contribution >= 0.6 is 0 Å². The van der Waals surface area contributed by atoms with Crippen molar-refractivity contribution in [3.8, 4) is 12.3 Å². The zero-order valence-electron chi connectivity index (χ0n) is 10.7. The van der Waals surface area contributed by atoms with Crippen LogP contribution in [0.2, 0.25) is 0 Å². The van der Waals surface area contributed by atoms with E-state index >= 15 is 0 Å². The molecule has 0 spiro atoms. The van der Waals surface area contributed by atoms with Crippen molar-refractivity contribution in [1.29, 1.82) is 0 Å². The maximum absolute atomic E-state index is 5.56. The van der Waals surface area contributed by atoms with E-state index < -0.39 is 0 Å². The van der Waals surface area contributed by atoms with Crippen molar-refractivity contribution < 1.29 is 0 Å². The van der Waals surface area contributed by atoms with Crippen LogP contribution in [0.3, 0.4) is 0 Å². The van der Waals surface area contributed by atoms with Crippen molar-refractivity contribution in [2.24, 2.45) is 11.8 Å². The molecular weight excluding hydrogens is 182 g/mol. The van der Waals surface area contributed by atoms with Crippen LogP contribution in [0.1, 0.15) is 47.0 Å². The van der Waals surface area contributed by atoms with Gasteiger partial charge in [-0.25, -0.2) is 0 Å². The average molecular weight is 207 g/mol. The lowest BCUT2D eigenvalue weighted by Gasteiger charge is -2.40. The summed E-state index contributed by atoms with van der Waals surface area (Å²) in [7, 11) is 0. The van der Waals surface area contributed by atoms with Crippen LogP contribution in [0.5, 0.6) is 0 Å².